The van der Waals surface area contributed by atoms with Gasteiger partial charge < -0.3 is 20.8 Å². The van der Waals surface area contributed by atoms with E-state index in [0.717, 1.165) is 5.39 Å². The second-order valence-corrected chi connectivity index (χ2v) is 11.2. The maximum Gasteiger partial charge on any atom is 0.268 e. The lowest BCUT2D eigenvalue weighted by Crippen LogP contribution is -2.65. The number of aromatic nitrogens is 2. The number of anilines is 3. The van der Waals surface area contributed by atoms with Crippen LogP contribution >= 0.6 is 0 Å². The molecular weight excluding hydrogens is 584 g/mol. The van der Waals surface area contributed by atoms with Gasteiger partial charge in [-0.1, -0.05) is 56.3 Å². The third-order valence-corrected chi connectivity index (χ3v) is 8.35. The lowest BCUT2D eigenvalue weighted by Gasteiger charge is -2.45. The third-order valence-electron chi connectivity index (χ3n) is 8.35. The fraction of sp³-hybridized carbons (Fsp3) is 0.171. The van der Waals surface area contributed by atoms with Gasteiger partial charge in [0, 0.05) is 17.1 Å². The molecule has 6 rings (SSSR count). The molecule has 0 bridgehead atoms. The smallest absolute Gasteiger partial charge is 0.268 e. The summed E-state index contributed by atoms with van der Waals surface area (Å²) in [6, 6.07) is 24.0. The molecule has 4 N–H and O–H groups in total. The van der Waals surface area contributed by atoms with Crippen LogP contribution in [-0.2, 0) is 19.9 Å². The Labute approximate surface area is 265 Å². The largest absolute Gasteiger partial charge is 0.497 e. The minimum atomic E-state index is -1.80. The number of fused-ring (bicyclic) bond motifs is 2. The van der Waals surface area contributed by atoms with E-state index in [4.69, 9.17) is 10.5 Å². The number of benzene rings is 3. The van der Waals surface area contributed by atoms with Crippen molar-refractivity contribution in [2.75, 3.05) is 16.9 Å². The van der Waals surface area contributed by atoms with E-state index < -0.39 is 41.1 Å². The molecule has 0 fully saturated rings. The van der Waals surface area contributed by atoms with Crippen molar-refractivity contribution >= 4 is 51.6 Å². The summed E-state index contributed by atoms with van der Waals surface area (Å²) in [6.07, 6.45) is 3.05. The number of rotatable bonds is 8. The Hall–Kier alpha value is -5.97. The van der Waals surface area contributed by atoms with E-state index in [2.05, 4.69) is 15.3 Å². The maximum atomic E-state index is 15.0. The first-order valence-corrected chi connectivity index (χ1v) is 14.7. The first-order chi connectivity index (χ1) is 22.2. The number of H-pyrrole nitrogens is 1. The Balaban J connectivity index is 1.59. The predicted molar refractivity (Wildman–Crippen MR) is 174 cm³/mol. The van der Waals surface area contributed by atoms with Crippen molar-refractivity contribution in [3.8, 4) is 5.75 Å². The number of aromatic amines is 1. The molecule has 0 saturated heterocycles. The van der Waals surface area contributed by atoms with Crippen LogP contribution in [0, 0.1) is 5.92 Å². The summed E-state index contributed by atoms with van der Waals surface area (Å²) in [5.41, 5.74) is 6.66. The second-order valence-electron chi connectivity index (χ2n) is 11.2. The minimum Gasteiger partial charge on any atom is -0.497 e. The van der Waals surface area contributed by atoms with Crippen molar-refractivity contribution in [1.82, 2.24) is 15.3 Å². The highest BCUT2D eigenvalue weighted by molar-refractivity contribution is 6.26. The van der Waals surface area contributed by atoms with Gasteiger partial charge in [-0.3, -0.25) is 34.0 Å². The average Bonchev–Trinajstić information content (AvgIpc) is 3.48. The highest BCUT2D eigenvalue weighted by Gasteiger charge is 2.55. The molecular formula is C35H32N6O5. The molecule has 5 aromatic rings. The normalized spacial score (nSPS) is 16.1. The molecule has 1 aliphatic heterocycles. The number of primary amides is 1. The lowest BCUT2D eigenvalue weighted by molar-refractivity contribution is -0.134. The SMILES string of the molecule is COc1ccc(C(C(N)=O)(C(C)C)N2C(=O)C(NC(=O)c3cc4ccccc4[nH]3)C(=O)N(c3cccnc3)c3ccccc32)cc1. The predicted octanol–water partition coefficient (Wildman–Crippen LogP) is 4.42. The number of nitrogens with one attached hydrogen (secondary N) is 2. The minimum absolute atomic E-state index is 0.156. The molecule has 11 heteroatoms. The first kappa shape index (κ1) is 30.1. The highest BCUT2D eigenvalue weighted by atomic mass is 16.5. The van der Waals surface area contributed by atoms with Gasteiger partial charge in [-0.25, -0.2) is 0 Å². The number of pyridine rings is 1. The van der Waals surface area contributed by atoms with Gasteiger partial charge >= 0.3 is 0 Å². The van der Waals surface area contributed by atoms with Gasteiger partial charge in [0.2, 0.25) is 5.91 Å². The molecule has 2 aromatic heterocycles. The summed E-state index contributed by atoms with van der Waals surface area (Å²) >= 11 is 0. The molecule has 2 unspecified atom stereocenters. The van der Waals surface area contributed by atoms with Crippen LogP contribution in [0.4, 0.5) is 17.1 Å². The number of carbonyl (C=O) groups is 4. The van der Waals surface area contributed by atoms with E-state index in [0.29, 0.717) is 28.2 Å². The number of hydrogen-bond acceptors (Lipinski definition) is 6. The summed E-state index contributed by atoms with van der Waals surface area (Å²) in [5.74, 6) is -3.14. The van der Waals surface area contributed by atoms with Crippen molar-refractivity contribution in [3.05, 3.63) is 115 Å². The Morgan fingerprint density at radius 3 is 2.26 bits per heavy atom. The first-order valence-electron chi connectivity index (χ1n) is 14.7. The van der Waals surface area contributed by atoms with E-state index in [1.807, 2.05) is 24.3 Å². The van der Waals surface area contributed by atoms with Crippen LogP contribution in [0.2, 0.25) is 0 Å². The van der Waals surface area contributed by atoms with E-state index in [1.54, 1.807) is 86.8 Å². The molecule has 0 saturated carbocycles. The van der Waals surface area contributed by atoms with Crippen LogP contribution in [0.3, 0.4) is 0 Å². The van der Waals surface area contributed by atoms with E-state index in [1.165, 1.54) is 23.1 Å². The quantitative estimate of drug-likeness (QED) is 0.220. The standard InChI is InChI=1S/C35H32N6O5/c1-21(2)35(34(36)45,23-14-16-25(46-3)17-15-23)41-29-13-7-6-12-28(29)40(24-10-8-18-37-20-24)32(43)30(33(41)44)39-31(42)27-19-22-9-4-5-11-26(22)38-27/h4-21,30,38H,1-3H3,(H2,36,45)(H,39,42). The van der Waals surface area contributed by atoms with E-state index in [9.17, 15) is 19.2 Å². The fourth-order valence-electron chi connectivity index (χ4n) is 6.19. The van der Waals surface area contributed by atoms with E-state index in [-0.39, 0.29) is 11.4 Å². The summed E-state index contributed by atoms with van der Waals surface area (Å²) in [6.45, 7) is 3.54. The van der Waals surface area contributed by atoms with Crippen molar-refractivity contribution in [1.29, 1.82) is 0 Å². The summed E-state index contributed by atoms with van der Waals surface area (Å²) in [4.78, 5) is 67.0. The van der Waals surface area contributed by atoms with Crippen molar-refractivity contribution in [2.24, 2.45) is 11.7 Å². The van der Waals surface area contributed by atoms with Crippen LogP contribution in [0.25, 0.3) is 10.9 Å². The van der Waals surface area contributed by atoms with Gasteiger partial charge in [0.05, 0.1) is 30.4 Å². The molecule has 0 radical (unpaired) electrons. The molecule has 2 atom stereocenters. The van der Waals surface area contributed by atoms with Gasteiger partial charge in [0.15, 0.2) is 11.6 Å². The van der Waals surface area contributed by atoms with Gasteiger partial charge in [-0.05, 0) is 60.0 Å². The molecule has 11 nitrogen and oxygen atoms in total. The fourth-order valence-corrected chi connectivity index (χ4v) is 6.19. The Kier molecular flexibility index (Phi) is 7.74. The van der Waals surface area contributed by atoms with Crippen molar-refractivity contribution < 1.29 is 23.9 Å². The zero-order valence-corrected chi connectivity index (χ0v) is 25.4. The Morgan fingerprint density at radius 2 is 1.63 bits per heavy atom. The van der Waals surface area contributed by atoms with Crippen LogP contribution in [0.1, 0.15) is 29.9 Å². The summed E-state index contributed by atoms with van der Waals surface area (Å²) in [5, 5.41) is 3.46. The number of carbonyl (C=O) groups excluding carboxylic acids is 4. The molecule has 0 aliphatic carbocycles. The van der Waals surface area contributed by atoms with Crippen molar-refractivity contribution in [3.63, 3.8) is 0 Å². The zero-order chi connectivity index (χ0) is 32.6. The molecule has 232 valence electrons. The Bertz CT molecular complexity index is 1920. The number of nitrogens with zero attached hydrogens (tertiary/aromatic N) is 3. The molecule has 1 aliphatic rings. The third kappa shape index (κ3) is 4.82. The number of amides is 4. The van der Waals surface area contributed by atoms with Crippen molar-refractivity contribution in [2.45, 2.75) is 25.4 Å². The van der Waals surface area contributed by atoms with Crippen LogP contribution in [0.5, 0.6) is 5.75 Å². The molecule has 3 heterocycles. The molecule has 0 spiro atoms. The van der Waals surface area contributed by atoms with Crippen LogP contribution in [-0.4, -0.2) is 46.7 Å². The van der Waals surface area contributed by atoms with Gasteiger partial charge in [-0.15, -0.1) is 0 Å². The van der Waals surface area contributed by atoms with Crippen LogP contribution < -0.4 is 25.6 Å². The highest BCUT2D eigenvalue weighted by Crippen LogP contribution is 2.46. The lowest BCUT2D eigenvalue weighted by atomic mass is 9.76. The topological polar surface area (TPSA) is 151 Å². The van der Waals surface area contributed by atoms with Gasteiger partial charge in [-0.2, -0.15) is 0 Å². The Morgan fingerprint density at radius 1 is 0.935 bits per heavy atom. The number of nitrogens with two attached hydrogens (primary N) is 1. The number of para-hydroxylation sites is 3. The zero-order valence-electron chi connectivity index (χ0n) is 25.4. The average molecular weight is 617 g/mol. The second kappa shape index (κ2) is 11.8. The van der Waals surface area contributed by atoms with Gasteiger partial charge in [0.25, 0.3) is 17.7 Å². The number of methoxy groups -OCH3 is 1. The summed E-state index contributed by atoms with van der Waals surface area (Å²) < 4.78 is 5.34. The molecule has 46 heavy (non-hydrogen) atoms. The maximum absolute atomic E-state index is 15.0. The van der Waals surface area contributed by atoms with E-state index >= 15 is 0 Å². The number of hydrogen-bond donors (Lipinski definition) is 3. The number of ether oxygens (including phenoxy) is 1. The monoisotopic (exact) mass is 616 g/mol. The summed E-state index contributed by atoms with van der Waals surface area (Å²) in [7, 11) is 1.52. The molecule has 3 aromatic carbocycles. The van der Waals surface area contributed by atoms with Gasteiger partial charge in [0.1, 0.15) is 11.4 Å². The van der Waals surface area contributed by atoms with Crippen LogP contribution in [0.15, 0.2) is 103 Å². The molecule has 4 amide bonds.